The Morgan fingerprint density at radius 1 is 1.16 bits per heavy atom. The van der Waals surface area contributed by atoms with Crippen molar-refractivity contribution in [1.82, 2.24) is 5.32 Å². The molecule has 104 valence electrons. The Balaban J connectivity index is 1.46. The van der Waals surface area contributed by atoms with Crippen LogP contribution in [0.3, 0.4) is 0 Å². The third kappa shape index (κ3) is 3.39. The molecule has 0 unspecified atom stereocenters. The first-order valence-electron chi connectivity index (χ1n) is 7.07. The fourth-order valence-electron chi connectivity index (χ4n) is 3.08. The highest BCUT2D eigenvalue weighted by Crippen LogP contribution is 2.38. The molecule has 0 spiro atoms. The highest BCUT2D eigenvalue weighted by molar-refractivity contribution is 7.85. The first-order valence-corrected chi connectivity index (χ1v) is 8.94. The summed E-state index contributed by atoms with van der Waals surface area (Å²) in [5.74, 6) is 2.42. The first kappa shape index (κ1) is 13.6. The van der Waals surface area contributed by atoms with Gasteiger partial charge < -0.3 is 5.32 Å². The maximum absolute atomic E-state index is 11.3. The van der Waals surface area contributed by atoms with E-state index in [0.717, 1.165) is 29.4 Å². The summed E-state index contributed by atoms with van der Waals surface area (Å²) in [5, 5.41) is 4.56. The Morgan fingerprint density at radius 3 is 2.58 bits per heavy atom. The van der Waals surface area contributed by atoms with Gasteiger partial charge in [-0.3, -0.25) is 4.21 Å². The van der Waals surface area contributed by atoms with E-state index in [0.29, 0.717) is 18.0 Å². The van der Waals surface area contributed by atoms with E-state index in [-0.39, 0.29) is 0 Å². The summed E-state index contributed by atoms with van der Waals surface area (Å²) in [4.78, 5) is 0. The average Bonchev–Trinajstić information content (AvgIpc) is 2.35. The van der Waals surface area contributed by atoms with Crippen molar-refractivity contribution in [2.45, 2.75) is 43.7 Å². The molecule has 0 bridgehead atoms. The van der Waals surface area contributed by atoms with Crippen LogP contribution in [-0.4, -0.2) is 27.8 Å². The van der Waals surface area contributed by atoms with Crippen molar-refractivity contribution < 1.29 is 4.21 Å². The second-order valence-electron chi connectivity index (χ2n) is 5.71. The minimum Gasteiger partial charge on any atom is -0.311 e. The Morgan fingerprint density at radius 2 is 1.89 bits per heavy atom. The van der Waals surface area contributed by atoms with Gasteiger partial charge in [0.2, 0.25) is 0 Å². The van der Waals surface area contributed by atoms with E-state index in [1.807, 2.05) is 12.1 Å². The molecule has 1 N–H and O–H groups in total. The van der Waals surface area contributed by atoms with Crippen LogP contribution in [0.1, 0.15) is 37.2 Å². The molecule has 2 nitrogen and oxygen atoms in total. The Hall–Kier alpha value is -0.380. The van der Waals surface area contributed by atoms with Crippen LogP contribution in [-0.2, 0) is 10.8 Å². The zero-order chi connectivity index (χ0) is 13.2. The van der Waals surface area contributed by atoms with Crippen LogP contribution in [0.15, 0.2) is 24.3 Å². The van der Waals surface area contributed by atoms with Crippen molar-refractivity contribution in [3.63, 3.8) is 0 Å². The van der Waals surface area contributed by atoms with Gasteiger partial charge in [0.25, 0.3) is 0 Å². The van der Waals surface area contributed by atoms with Gasteiger partial charge in [0.05, 0.1) is 0 Å². The minimum atomic E-state index is -0.554. The number of hydrogen-bond acceptors (Lipinski definition) is 2. The van der Waals surface area contributed by atoms with Crippen molar-refractivity contribution in [3.8, 4) is 0 Å². The lowest BCUT2D eigenvalue weighted by Gasteiger charge is -2.39. The van der Waals surface area contributed by atoms with Crippen LogP contribution in [0.4, 0.5) is 0 Å². The highest BCUT2D eigenvalue weighted by Gasteiger charge is 2.32. The fourth-order valence-corrected chi connectivity index (χ4v) is 4.58. The summed E-state index contributed by atoms with van der Waals surface area (Å²) in [6, 6.07) is 9.46. The van der Waals surface area contributed by atoms with Crippen LogP contribution < -0.4 is 5.32 Å². The largest absolute Gasteiger partial charge is 0.311 e. The lowest BCUT2D eigenvalue weighted by molar-refractivity contribution is 0.258. The molecule has 1 saturated heterocycles. The van der Waals surface area contributed by atoms with Gasteiger partial charge in [-0.15, -0.1) is 0 Å². The van der Waals surface area contributed by atoms with Crippen LogP contribution in [0.5, 0.6) is 0 Å². The SMILES string of the molecule is O=S1CCC(NC2CC(c3cccc(Cl)c3)C2)CC1. The van der Waals surface area contributed by atoms with Gasteiger partial charge in [0, 0.05) is 39.4 Å². The van der Waals surface area contributed by atoms with Gasteiger partial charge in [-0.05, 0) is 49.3 Å². The summed E-state index contributed by atoms with van der Waals surface area (Å²) < 4.78 is 11.3. The van der Waals surface area contributed by atoms with E-state index in [1.54, 1.807) is 0 Å². The van der Waals surface area contributed by atoms with Crippen LogP contribution >= 0.6 is 11.6 Å². The molecule has 2 fully saturated rings. The molecule has 1 aromatic rings. The Bertz CT molecular complexity index is 463. The van der Waals surface area contributed by atoms with Gasteiger partial charge in [0.1, 0.15) is 0 Å². The van der Waals surface area contributed by atoms with Gasteiger partial charge in [-0.25, -0.2) is 0 Å². The number of hydrogen-bond donors (Lipinski definition) is 1. The summed E-state index contributed by atoms with van der Waals surface area (Å²) in [6.45, 7) is 0. The zero-order valence-corrected chi connectivity index (χ0v) is 12.6. The molecule has 0 radical (unpaired) electrons. The maximum Gasteiger partial charge on any atom is 0.0408 e. The molecule has 19 heavy (non-hydrogen) atoms. The summed E-state index contributed by atoms with van der Waals surface area (Å²) >= 11 is 6.03. The normalized spacial score (nSPS) is 34.8. The third-order valence-corrected chi connectivity index (χ3v) is 5.93. The second-order valence-corrected chi connectivity index (χ2v) is 7.84. The lowest BCUT2D eigenvalue weighted by atomic mass is 9.75. The molecule has 1 aliphatic heterocycles. The molecular weight excluding hydrogens is 278 g/mol. The third-order valence-electron chi connectivity index (χ3n) is 4.32. The fraction of sp³-hybridized carbons (Fsp3) is 0.600. The predicted molar refractivity (Wildman–Crippen MR) is 81.2 cm³/mol. The zero-order valence-electron chi connectivity index (χ0n) is 11.0. The van der Waals surface area contributed by atoms with Gasteiger partial charge >= 0.3 is 0 Å². The van der Waals surface area contributed by atoms with Crippen molar-refractivity contribution in [3.05, 3.63) is 34.9 Å². The standard InChI is InChI=1S/C15H20ClNOS/c16-13-3-1-2-11(8-13)12-9-15(10-12)17-14-4-6-19(18)7-5-14/h1-3,8,12,14-15,17H,4-7,9-10H2. The van der Waals surface area contributed by atoms with E-state index < -0.39 is 10.8 Å². The summed E-state index contributed by atoms with van der Waals surface area (Å²) in [6.07, 6.45) is 4.57. The van der Waals surface area contributed by atoms with Crippen LogP contribution in [0.2, 0.25) is 5.02 Å². The highest BCUT2D eigenvalue weighted by atomic mass is 35.5. The van der Waals surface area contributed by atoms with Gasteiger partial charge in [-0.2, -0.15) is 0 Å². The van der Waals surface area contributed by atoms with Gasteiger partial charge in [-0.1, -0.05) is 23.7 Å². The van der Waals surface area contributed by atoms with E-state index >= 15 is 0 Å². The summed E-state index contributed by atoms with van der Waals surface area (Å²) in [7, 11) is -0.554. The average molecular weight is 298 g/mol. The van der Waals surface area contributed by atoms with Crippen molar-refractivity contribution in [2.24, 2.45) is 0 Å². The molecule has 1 heterocycles. The predicted octanol–water partition coefficient (Wildman–Crippen LogP) is 3.09. The molecule has 3 rings (SSSR count). The van der Waals surface area contributed by atoms with Crippen LogP contribution in [0, 0.1) is 0 Å². The van der Waals surface area contributed by atoms with Crippen molar-refractivity contribution >= 4 is 22.4 Å². The van der Waals surface area contributed by atoms with E-state index in [1.165, 1.54) is 18.4 Å². The summed E-state index contributed by atoms with van der Waals surface area (Å²) in [5.41, 5.74) is 1.37. The van der Waals surface area contributed by atoms with Crippen molar-refractivity contribution in [2.75, 3.05) is 11.5 Å². The molecule has 1 aromatic carbocycles. The molecule has 1 aliphatic carbocycles. The number of nitrogens with one attached hydrogen (secondary N) is 1. The number of halogens is 1. The molecule has 1 saturated carbocycles. The smallest absolute Gasteiger partial charge is 0.0408 e. The molecule has 0 aromatic heterocycles. The quantitative estimate of drug-likeness (QED) is 0.929. The van der Waals surface area contributed by atoms with Crippen molar-refractivity contribution in [1.29, 1.82) is 0 Å². The van der Waals surface area contributed by atoms with E-state index in [9.17, 15) is 4.21 Å². The number of rotatable bonds is 3. The van der Waals surface area contributed by atoms with Crippen LogP contribution in [0.25, 0.3) is 0 Å². The molecule has 2 aliphatic rings. The first-order chi connectivity index (χ1) is 9.20. The van der Waals surface area contributed by atoms with E-state index in [2.05, 4.69) is 17.4 Å². The molecule has 4 heteroatoms. The lowest BCUT2D eigenvalue weighted by Crippen LogP contribution is -2.47. The maximum atomic E-state index is 11.3. The minimum absolute atomic E-state index is 0.554. The number of benzene rings is 1. The molecule has 0 atom stereocenters. The topological polar surface area (TPSA) is 29.1 Å². The van der Waals surface area contributed by atoms with E-state index in [4.69, 9.17) is 11.6 Å². The second kappa shape index (κ2) is 5.94. The molecular formula is C15H20ClNOS. The molecule has 0 amide bonds. The monoisotopic (exact) mass is 297 g/mol. The Labute approximate surface area is 122 Å². The Kier molecular flexibility index (Phi) is 4.25. The van der Waals surface area contributed by atoms with Gasteiger partial charge in [0.15, 0.2) is 0 Å².